The second-order valence-corrected chi connectivity index (χ2v) is 7.56. The maximum atomic E-state index is 13.1. The molecule has 1 unspecified atom stereocenters. The van der Waals surface area contributed by atoms with Crippen molar-refractivity contribution in [3.05, 3.63) is 58.0 Å². The van der Waals surface area contributed by atoms with Crippen LogP contribution in [0.3, 0.4) is 0 Å². The first-order chi connectivity index (χ1) is 14.5. The van der Waals surface area contributed by atoms with E-state index in [1.807, 2.05) is 20.9 Å². The SMILES string of the molecule is Cc1ccc(C(=O)Nc2ccc(OC(F)(F)F)cc2)c(=O)n1C(C)N1CCN(C)CC1. The molecule has 31 heavy (non-hydrogen) atoms. The van der Waals surface area contributed by atoms with Crippen LogP contribution in [0.2, 0.25) is 0 Å². The minimum atomic E-state index is -4.79. The van der Waals surface area contributed by atoms with Gasteiger partial charge < -0.3 is 15.0 Å². The fraction of sp³-hybridized carbons (Fsp3) is 0.429. The number of pyridine rings is 1. The molecule has 0 radical (unpaired) electrons. The summed E-state index contributed by atoms with van der Waals surface area (Å²) in [5.74, 6) is -1.03. The number of likely N-dealkylation sites (N-methyl/N-ethyl adjacent to an activating group) is 1. The second-order valence-electron chi connectivity index (χ2n) is 7.56. The second kappa shape index (κ2) is 9.11. The van der Waals surface area contributed by atoms with Gasteiger partial charge in [0, 0.05) is 37.6 Å². The summed E-state index contributed by atoms with van der Waals surface area (Å²) < 4.78 is 42.2. The number of nitrogens with zero attached hydrogens (tertiary/aromatic N) is 3. The van der Waals surface area contributed by atoms with E-state index in [-0.39, 0.29) is 17.4 Å². The molecule has 1 aliphatic heterocycles. The smallest absolute Gasteiger partial charge is 0.406 e. The number of benzene rings is 1. The number of halogens is 3. The number of amides is 1. The number of hydrogen-bond acceptors (Lipinski definition) is 5. The van der Waals surface area contributed by atoms with Gasteiger partial charge in [-0.3, -0.25) is 19.1 Å². The fourth-order valence-electron chi connectivity index (χ4n) is 3.58. The lowest BCUT2D eigenvalue weighted by Gasteiger charge is -2.37. The zero-order valence-corrected chi connectivity index (χ0v) is 17.6. The number of aryl methyl sites for hydroxylation is 1. The number of anilines is 1. The van der Waals surface area contributed by atoms with E-state index in [1.54, 1.807) is 10.6 Å². The third-order valence-corrected chi connectivity index (χ3v) is 5.35. The summed E-state index contributed by atoms with van der Waals surface area (Å²) in [7, 11) is 2.05. The summed E-state index contributed by atoms with van der Waals surface area (Å²) >= 11 is 0. The van der Waals surface area contributed by atoms with Gasteiger partial charge in [-0.1, -0.05) is 0 Å². The topological polar surface area (TPSA) is 66.8 Å². The lowest BCUT2D eigenvalue weighted by atomic mass is 10.2. The van der Waals surface area contributed by atoms with Crippen LogP contribution in [0.15, 0.2) is 41.2 Å². The van der Waals surface area contributed by atoms with Crippen LogP contribution in [0, 0.1) is 6.92 Å². The molecule has 7 nitrogen and oxygen atoms in total. The zero-order valence-electron chi connectivity index (χ0n) is 17.6. The van der Waals surface area contributed by atoms with Crippen LogP contribution in [-0.4, -0.2) is 59.9 Å². The molecule has 2 aromatic rings. The number of alkyl halides is 3. The summed E-state index contributed by atoms with van der Waals surface area (Å²) in [6, 6.07) is 7.90. The van der Waals surface area contributed by atoms with Crippen molar-refractivity contribution in [1.29, 1.82) is 0 Å². The van der Waals surface area contributed by atoms with Crippen LogP contribution < -0.4 is 15.6 Å². The lowest BCUT2D eigenvalue weighted by molar-refractivity contribution is -0.274. The molecule has 1 amide bonds. The Hall–Kier alpha value is -2.85. The van der Waals surface area contributed by atoms with Crippen molar-refractivity contribution in [2.45, 2.75) is 26.4 Å². The van der Waals surface area contributed by atoms with E-state index >= 15 is 0 Å². The minimum Gasteiger partial charge on any atom is -0.406 e. The fourth-order valence-corrected chi connectivity index (χ4v) is 3.58. The molecule has 1 aromatic heterocycles. The maximum absolute atomic E-state index is 13.1. The Morgan fingerprint density at radius 1 is 1.06 bits per heavy atom. The molecule has 1 aliphatic rings. The molecule has 1 fully saturated rings. The lowest BCUT2D eigenvalue weighted by Crippen LogP contribution is -2.48. The Morgan fingerprint density at radius 3 is 2.26 bits per heavy atom. The van der Waals surface area contributed by atoms with E-state index in [4.69, 9.17) is 0 Å². The van der Waals surface area contributed by atoms with Crippen molar-refractivity contribution in [2.24, 2.45) is 0 Å². The number of nitrogens with one attached hydrogen (secondary N) is 1. The quantitative estimate of drug-likeness (QED) is 0.777. The minimum absolute atomic E-state index is 0.0396. The molecule has 0 aliphatic carbocycles. The highest BCUT2D eigenvalue weighted by molar-refractivity contribution is 6.04. The molecule has 0 bridgehead atoms. The highest BCUT2D eigenvalue weighted by Crippen LogP contribution is 2.24. The monoisotopic (exact) mass is 438 g/mol. The van der Waals surface area contributed by atoms with E-state index in [0.29, 0.717) is 0 Å². The molecule has 168 valence electrons. The Kier molecular flexibility index (Phi) is 6.71. The maximum Gasteiger partial charge on any atom is 0.573 e. The Balaban J connectivity index is 1.77. The van der Waals surface area contributed by atoms with Gasteiger partial charge in [0.25, 0.3) is 11.5 Å². The Bertz CT molecular complexity index is 981. The number of carbonyl (C=O) groups excluding carboxylic acids is 1. The number of aromatic nitrogens is 1. The van der Waals surface area contributed by atoms with Crippen molar-refractivity contribution >= 4 is 11.6 Å². The van der Waals surface area contributed by atoms with Gasteiger partial charge in [0.05, 0.1) is 6.17 Å². The van der Waals surface area contributed by atoms with Gasteiger partial charge in [0.15, 0.2) is 0 Å². The van der Waals surface area contributed by atoms with Crippen molar-refractivity contribution in [2.75, 3.05) is 38.5 Å². The van der Waals surface area contributed by atoms with Gasteiger partial charge in [-0.05, 0) is 57.3 Å². The van der Waals surface area contributed by atoms with Gasteiger partial charge in [0.2, 0.25) is 0 Å². The summed E-state index contributed by atoms with van der Waals surface area (Å²) in [6.45, 7) is 7.16. The number of hydrogen-bond donors (Lipinski definition) is 1. The molecule has 1 saturated heterocycles. The Labute approximate surface area is 178 Å². The molecule has 2 heterocycles. The van der Waals surface area contributed by atoms with Gasteiger partial charge in [-0.2, -0.15) is 0 Å². The first-order valence-corrected chi connectivity index (χ1v) is 9.87. The van der Waals surface area contributed by atoms with E-state index in [0.717, 1.165) is 44.0 Å². The molecular weight excluding hydrogens is 413 g/mol. The van der Waals surface area contributed by atoms with Crippen molar-refractivity contribution < 1.29 is 22.7 Å². The molecule has 10 heteroatoms. The normalized spacial score (nSPS) is 16.7. The van der Waals surface area contributed by atoms with Gasteiger partial charge >= 0.3 is 6.36 Å². The standard InChI is InChI=1S/C21H25F3N4O3/c1-14-4-9-18(20(30)28(14)15(2)27-12-10-26(3)11-13-27)19(29)25-16-5-7-17(8-6-16)31-21(22,23)24/h4-9,15H,10-13H2,1-3H3,(H,25,29). The van der Waals surface area contributed by atoms with Crippen LogP contribution in [0.25, 0.3) is 0 Å². The highest BCUT2D eigenvalue weighted by Gasteiger charge is 2.31. The molecule has 0 spiro atoms. The number of carbonyl (C=O) groups is 1. The number of rotatable bonds is 5. The van der Waals surface area contributed by atoms with E-state index < -0.39 is 23.6 Å². The predicted molar refractivity (Wildman–Crippen MR) is 110 cm³/mol. The molecule has 1 aromatic carbocycles. The van der Waals surface area contributed by atoms with Crippen LogP contribution in [-0.2, 0) is 0 Å². The summed E-state index contributed by atoms with van der Waals surface area (Å²) in [4.78, 5) is 30.2. The number of ether oxygens (including phenoxy) is 1. The van der Waals surface area contributed by atoms with Gasteiger partial charge in [0.1, 0.15) is 11.3 Å². The average Bonchev–Trinajstić information content (AvgIpc) is 2.69. The van der Waals surface area contributed by atoms with Gasteiger partial charge in [-0.15, -0.1) is 13.2 Å². The predicted octanol–water partition coefficient (Wildman–Crippen LogP) is 3.07. The van der Waals surface area contributed by atoms with Crippen molar-refractivity contribution in [3.8, 4) is 5.75 Å². The first kappa shape index (κ1) is 22.8. The van der Waals surface area contributed by atoms with Crippen molar-refractivity contribution in [1.82, 2.24) is 14.4 Å². The van der Waals surface area contributed by atoms with E-state index in [2.05, 4.69) is 19.9 Å². The van der Waals surface area contributed by atoms with Crippen molar-refractivity contribution in [3.63, 3.8) is 0 Å². The first-order valence-electron chi connectivity index (χ1n) is 9.87. The van der Waals surface area contributed by atoms with Crippen LogP contribution >= 0.6 is 0 Å². The average molecular weight is 438 g/mol. The summed E-state index contributed by atoms with van der Waals surface area (Å²) in [6.07, 6.45) is -5.01. The third kappa shape index (κ3) is 5.65. The highest BCUT2D eigenvalue weighted by atomic mass is 19.4. The Morgan fingerprint density at radius 2 is 1.68 bits per heavy atom. The van der Waals surface area contributed by atoms with Crippen LogP contribution in [0.5, 0.6) is 5.75 Å². The largest absolute Gasteiger partial charge is 0.573 e. The third-order valence-electron chi connectivity index (χ3n) is 5.35. The van der Waals surface area contributed by atoms with E-state index in [1.165, 1.54) is 18.2 Å². The van der Waals surface area contributed by atoms with Crippen LogP contribution in [0.4, 0.5) is 18.9 Å². The summed E-state index contributed by atoms with van der Waals surface area (Å²) in [5, 5.41) is 2.55. The van der Waals surface area contributed by atoms with E-state index in [9.17, 15) is 22.8 Å². The molecule has 0 saturated carbocycles. The molecule has 1 atom stereocenters. The molecular formula is C21H25F3N4O3. The number of piperazine rings is 1. The van der Waals surface area contributed by atoms with Gasteiger partial charge in [-0.25, -0.2) is 0 Å². The zero-order chi connectivity index (χ0) is 22.8. The van der Waals surface area contributed by atoms with Crippen LogP contribution in [0.1, 0.15) is 29.1 Å². The molecule has 1 N–H and O–H groups in total. The molecule has 3 rings (SSSR count). The summed E-state index contributed by atoms with van der Waals surface area (Å²) in [5.41, 5.74) is 0.531.